The standard InChI is InChI=1S/C22H27F3N4O2/c1-15-20(21(30)28-12-10-27(11-13-28)17-6-3-4-7-17)16(2)29(26-15)18-8-5-9-19(14-18)31-22(23,24)25/h5,8-9,14,17H,3-4,6-7,10-13H2,1-2H3. The summed E-state index contributed by atoms with van der Waals surface area (Å²) in [6, 6.07) is 6.25. The number of benzene rings is 1. The van der Waals surface area contributed by atoms with Crippen molar-refractivity contribution < 1.29 is 22.7 Å². The Hall–Kier alpha value is -2.55. The summed E-state index contributed by atoms with van der Waals surface area (Å²) in [5, 5.41) is 4.43. The highest BCUT2D eigenvalue weighted by Crippen LogP contribution is 2.28. The van der Waals surface area contributed by atoms with E-state index >= 15 is 0 Å². The molecule has 6 nitrogen and oxygen atoms in total. The molecule has 0 radical (unpaired) electrons. The maximum atomic E-state index is 13.2. The molecule has 0 N–H and O–H groups in total. The minimum Gasteiger partial charge on any atom is -0.406 e. The summed E-state index contributed by atoms with van der Waals surface area (Å²) in [5.74, 6) is -0.400. The van der Waals surface area contributed by atoms with Crippen LogP contribution in [-0.4, -0.2) is 64.1 Å². The van der Waals surface area contributed by atoms with E-state index in [9.17, 15) is 18.0 Å². The van der Waals surface area contributed by atoms with Crippen LogP contribution in [-0.2, 0) is 0 Å². The summed E-state index contributed by atoms with van der Waals surface area (Å²) in [6.07, 6.45) is 0.300. The number of carbonyl (C=O) groups excluding carboxylic acids is 1. The van der Waals surface area contributed by atoms with Crippen LogP contribution in [0.2, 0.25) is 0 Å². The van der Waals surface area contributed by atoms with Gasteiger partial charge in [0, 0.05) is 38.3 Å². The Kier molecular flexibility index (Phi) is 5.96. The first-order valence-corrected chi connectivity index (χ1v) is 10.7. The summed E-state index contributed by atoms with van der Waals surface area (Å²) < 4.78 is 43.2. The monoisotopic (exact) mass is 436 g/mol. The summed E-state index contributed by atoms with van der Waals surface area (Å²) in [4.78, 5) is 17.6. The molecule has 4 rings (SSSR count). The van der Waals surface area contributed by atoms with Crippen LogP contribution in [0.15, 0.2) is 24.3 Å². The number of halogens is 3. The van der Waals surface area contributed by atoms with Crippen LogP contribution in [0.1, 0.15) is 47.4 Å². The van der Waals surface area contributed by atoms with Gasteiger partial charge in [-0.25, -0.2) is 4.68 Å². The van der Waals surface area contributed by atoms with E-state index in [4.69, 9.17) is 0 Å². The van der Waals surface area contributed by atoms with Gasteiger partial charge in [0.1, 0.15) is 5.75 Å². The van der Waals surface area contributed by atoms with Gasteiger partial charge < -0.3 is 9.64 Å². The number of nitrogens with zero attached hydrogens (tertiary/aromatic N) is 4. The third kappa shape index (κ3) is 4.71. The van der Waals surface area contributed by atoms with Crippen molar-refractivity contribution in [2.75, 3.05) is 26.2 Å². The Morgan fingerprint density at radius 2 is 1.77 bits per heavy atom. The normalized spacial score (nSPS) is 18.5. The van der Waals surface area contributed by atoms with Crippen LogP contribution >= 0.6 is 0 Å². The topological polar surface area (TPSA) is 50.6 Å². The Bertz CT molecular complexity index is 943. The molecular formula is C22H27F3N4O2. The lowest BCUT2D eigenvalue weighted by Crippen LogP contribution is -2.51. The molecule has 2 fully saturated rings. The van der Waals surface area contributed by atoms with Crippen LogP contribution in [0, 0.1) is 13.8 Å². The highest BCUT2D eigenvalue weighted by Gasteiger charge is 2.32. The predicted molar refractivity (Wildman–Crippen MR) is 109 cm³/mol. The summed E-state index contributed by atoms with van der Waals surface area (Å²) >= 11 is 0. The van der Waals surface area contributed by atoms with Crippen LogP contribution in [0.4, 0.5) is 13.2 Å². The molecule has 1 saturated carbocycles. The Morgan fingerprint density at radius 3 is 2.42 bits per heavy atom. The van der Waals surface area contributed by atoms with Crippen molar-refractivity contribution in [1.29, 1.82) is 0 Å². The average molecular weight is 436 g/mol. The predicted octanol–water partition coefficient (Wildman–Crippen LogP) is 4.09. The Morgan fingerprint density at radius 1 is 1.10 bits per heavy atom. The lowest BCUT2D eigenvalue weighted by Gasteiger charge is -2.38. The van der Waals surface area contributed by atoms with E-state index < -0.39 is 6.36 Å². The van der Waals surface area contributed by atoms with Gasteiger partial charge in [-0.1, -0.05) is 18.9 Å². The molecule has 9 heteroatoms. The van der Waals surface area contributed by atoms with Gasteiger partial charge in [0.05, 0.1) is 22.6 Å². The molecule has 2 aliphatic rings. The molecular weight excluding hydrogens is 409 g/mol. The highest BCUT2D eigenvalue weighted by atomic mass is 19.4. The third-order valence-electron chi connectivity index (χ3n) is 6.24. The van der Waals surface area contributed by atoms with E-state index in [1.165, 1.54) is 48.6 Å². The van der Waals surface area contributed by atoms with Gasteiger partial charge in [0.15, 0.2) is 0 Å². The van der Waals surface area contributed by atoms with E-state index in [0.717, 1.165) is 13.1 Å². The zero-order chi connectivity index (χ0) is 22.2. The zero-order valence-corrected chi connectivity index (χ0v) is 17.8. The molecule has 2 aromatic rings. The quantitative estimate of drug-likeness (QED) is 0.725. The first-order valence-electron chi connectivity index (χ1n) is 10.7. The van der Waals surface area contributed by atoms with Gasteiger partial charge in [0.2, 0.25) is 0 Å². The molecule has 0 unspecified atom stereocenters. The number of hydrogen-bond donors (Lipinski definition) is 0. The van der Waals surface area contributed by atoms with Gasteiger partial charge >= 0.3 is 6.36 Å². The van der Waals surface area contributed by atoms with Crippen molar-refractivity contribution in [3.8, 4) is 11.4 Å². The number of aryl methyl sites for hydroxylation is 1. The molecule has 0 spiro atoms. The van der Waals surface area contributed by atoms with Crippen LogP contribution in [0.5, 0.6) is 5.75 Å². The van der Waals surface area contributed by atoms with E-state index in [1.54, 1.807) is 19.9 Å². The van der Waals surface area contributed by atoms with E-state index in [-0.39, 0.29) is 11.7 Å². The highest BCUT2D eigenvalue weighted by molar-refractivity contribution is 5.96. The Labute approximate surface area is 179 Å². The first-order chi connectivity index (χ1) is 14.7. The molecule has 1 saturated heterocycles. The van der Waals surface area contributed by atoms with Gasteiger partial charge in [-0.2, -0.15) is 5.10 Å². The second kappa shape index (κ2) is 8.53. The van der Waals surface area contributed by atoms with Gasteiger partial charge in [-0.3, -0.25) is 9.69 Å². The zero-order valence-electron chi connectivity index (χ0n) is 17.8. The van der Waals surface area contributed by atoms with Gasteiger partial charge in [0.25, 0.3) is 5.91 Å². The summed E-state index contributed by atoms with van der Waals surface area (Å²) in [5.41, 5.74) is 2.08. The third-order valence-corrected chi connectivity index (χ3v) is 6.24. The van der Waals surface area contributed by atoms with Crippen LogP contribution in [0.25, 0.3) is 5.69 Å². The average Bonchev–Trinajstić information content (AvgIpc) is 3.35. The largest absolute Gasteiger partial charge is 0.573 e. The minimum atomic E-state index is -4.77. The lowest BCUT2D eigenvalue weighted by molar-refractivity contribution is -0.274. The van der Waals surface area contributed by atoms with Crippen molar-refractivity contribution in [2.45, 2.75) is 51.9 Å². The van der Waals surface area contributed by atoms with Crippen molar-refractivity contribution >= 4 is 5.91 Å². The number of alkyl halides is 3. The molecule has 1 aromatic carbocycles. The van der Waals surface area contributed by atoms with Crippen LogP contribution < -0.4 is 4.74 Å². The van der Waals surface area contributed by atoms with Crippen LogP contribution in [0.3, 0.4) is 0 Å². The molecule has 1 amide bonds. The number of piperazine rings is 1. The number of ether oxygens (including phenoxy) is 1. The fraction of sp³-hybridized carbons (Fsp3) is 0.545. The number of hydrogen-bond acceptors (Lipinski definition) is 4. The number of carbonyl (C=O) groups is 1. The lowest BCUT2D eigenvalue weighted by atomic mass is 10.1. The van der Waals surface area contributed by atoms with E-state index in [2.05, 4.69) is 14.7 Å². The van der Waals surface area contributed by atoms with E-state index in [0.29, 0.717) is 41.8 Å². The maximum absolute atomic E-state index is 13.2. The van der Waals surface area contributed by atoms with Crippen molar-refractivity contribution in [3.63, 3.8) is 0 Å². The molecule has 1 aliphatic carbocycles. The molecule has 2 heterocycles. The van der Waals surface area contributed by atoms with Crippen molar-refractivity contribution in [3.05, 3.63) is 41.2 Å². The van der Waals surface area contributed by atoms with E-state index in [1.807, 2.05) is 4.90 Å². The first kappa shape index (κ1) is 21.7. The fourth-order valence-electron chi connectivity index (χ4n) is 4.73. The minimum absolute atomic E-state index is 0.0741. The number of aromatic nitrogens is 2. The van der Waals surface area contributed by atoms with Crippen molar-refractivity contribution in [1.82, 2.24) is 19.6 Å². The second-order valence-corrected chi connectivity index (χ2v) is 8.27. The molecule has 31 heavy (non-hydrogen) atoms. The molecule has 0 atom stereocenters. The summed E-state index contributed by atoms with van der Waals surface area (Å²) in [6.45, 7) is 6.61. The molecule has 168 valence electrons. The maximum Gasteiger partial charge on any atom is 0.573 e. The number of rotatable bonds is 4. The molecule has 0 bridgehead atoms. The second-order valence-electron chi connectivity index (χ2n) is 8.27. The van der Waals surface area contributed by atoms with Gasteiger partial charge in [-0.05, 0) is 38.8 Å². The summed E-state index contributed by atoms with van der Waals surface area (Å²) in [7, 11) is 0. The molecule has 1 aliphatic heterocycles. The van der Waals surface area contributed by atoms with Crippen molar-refractivity contribution in [2.24, 2.45) is 0 Å². The Balaban J connectivity index is 1.51. The number of amides is 1. The fourth-order valence-corrected chi connectivity index (χ4v) is 4.73. The smallest absolute Gasteiger partial charge is 0.406 e. The SMILES string of the molecule is Cc1nn(-c2cccc(OC(F)(F)F)c2)c(C)c1C(=O)N1CCN(C2CCCC2)CC1. The molecule has 1 aromatic heterocycles. The van der Waals surface area contributed by atoms with Gasteiger partial charge in [-0.15, -0.1) is 13.2 Å².